The van der Waals surface area contributed by atoms with Gasteiger partial charge in [-0.1, -0.05) is 11.6 Å². The molecule has 0 spiro atoms. The lowest BCUT2D eigenvalue weighted by molar-refractivity contribution is 0.0515. The highest BCUT2D eigenvalue weighted by molar-refractivity contribution is 6.32. The minimum absolute atomic E-state index is 0.299. The van der Waals surface area contributed by atoms with Crippen molar-refractivity contribution in [2.24, 2.45) is 0 Å². The van der Waals surface area contributed by atoms with E-state index in [1.54, 1.807) is 31.3 Å². The van der Waals surface area contributed by atoms with Gasteiger partial charge in [-0.05, 0) is 25.1 Å². The van der Waals surface area contributed by atoms with Crippen molar-refractivity contribution in [3.63, 3.8) is 0 Å². The van der Waals surface area contributed by atoms with E-state index in [1.807, 2.05) is 0 Å². The summed E-state index contributed by atoms with van der Waals surface area (Å²) in [6, 6.07) is 4.95. The topological polar surface area (TPSA) is 57.0 Å². The van der Waals surface area contributed by atoms with Crippen molar-refractivity contribution in [1.82, 2.24) is 14.8 Å². The van der Waals surface area contributed by atoms with Crippen LogP contribution in [-0.2, 0) is 4.74 Å². The van der Waals surface area contributed by atoms with Gasteiger partial charge < -0.3 is 4.74 Å². The molecule has 2 rings (SSSR count). The van der Waals surface area contributed by atoms with Crippen molar-refractivity contribution < 1.29 is 9.53 Å². The summed E-state index contributed by atoms with van der Waals surface area (Å²) in [6.45, 7) is 2.05. The van der Waals surface area contributed by atoms with Crippen molar-refractivity contribution in [2.45, 2.75) is 6.92 Å². The van der Waals surface area contributed by atoms with E-state index in [0.717, 1.165) is 0 Å². The van der Waals surface area contributed by atoms with Gasteiger partial charge in [-0.25, -0.2) is 14.5 Å². The zero-order chi connectivity index (χ0) is 12.3. The first kappa shape index (κ1) is 11.6. The van der Waals surface area contributed by atoms with Crippen molar-refractivity contribution in [1.29, 1.82) is 0 Å². The predicted molar refractivity (Wildman–Crippen MR) is 62.3 cm³/mol. The van der Waals surface area contributed by atoms with Crippen LogP contribution in [0.3, 0.4) is 0 Å². The maximum absolute atomic E-state index is 11.7. The largest absolute Gasteiger partial charge is 0.461 e. The molecule has 0 atom stereocenters. The van der Waals surface area contributed by atoms with E-state index in [-0.39, 0.29) is 0 Å². The fourth-order valence-corrected chi connectivity index (χ4v) is 1.57. The molecule has 17 heavy (non-hydrogen) atoms. The van der Waals surface area contributed by atoms with Crippen LogP contribution in [0.5, 0.6) is 0 Å². The van der Waals surface area contributed by atoms with Gasteiger partial charge in [0.15, 0.2) is 11.5 Å². The Labute approximate surface area is 103 Å². The Morgan fingerprint density at radius 2 is 2.29 bits per heavy atom. The zero-order valence-corrected chi connectivity index (χ0v) is 9.89. The van der Waals surface area contributed by atoms with E-state index < -0.39 is 5.97 Å². The third kappa shape index (κ3) is 2.29. The number of carbonyl (C=O) groups excluding carboxylic acids is 1. The first-order chi connectivity index (χ1) is 8.24. The SMILES string of the molecule is CCOC(=O)c1ccnn1-c1ncccc1Cl. The molecule has 0 amide bonds. The molecule has 6 heteroatoms. The minimum Gasteiger partial charge on any atom is -0.461 e. The van der Waals surface area contributed by atoms with E-state index in [9.17, 15) is 4.79 Å². The number of esters is 1. The zero-order valence-electron chi connectivity index (χ0n) is 9.13. The van der Waals surface area contributed by atoms with Gasteiger partial charge in [-0.15, -0.1) is 0 Å². The number of hydrogen-bond acceptors (Lipinski definition) is 4. The molecule has 0 saturated carbocycles. The third-order valence-electron chi connectivity index (χ3n) is 2.07. The molecule has 0 bridgehead atoms. The number of hydrogen-bond donors (Lipinski definition) is 0. The Balaban J connectivity index is 2.44. The lowest BCUT2D eigenvalue weighted by atomic mass is 10.4. The summed E-state index contributed by atoms with van der Waals surface area (Å²) in [5.41, 5.74) is 0.299. The summed E-state index contributed by atoms with van der Waals surface area (Å²) in [6.07, 6.45) is 3.08. The molecule has 88 valence electrons. The molecular formula is C11H10ClN3O2. The van der Waals surface area contributed by atoms with Crippen LogP contribution in [0.15, 0.2) is 30.6 Å². The van der Waals surface area contributed by atoms with Crippen molar-refractivity contribution in [3.05, 3.63) is 41.3 Å². The maximum atomic E-state index is 11.7. The highest BCUT2D eigenvalue weighted by Gasteiger charge is 2.16. The standard InChI is InChI=1S/C11H10ClN3O2/c1-2-17-11(16)9-5-7-14-15(9)10-8(12)4-3-6-13-10/h3-7H,2H2,1H3. The lowest BCUT2D eigenvalue weighted by Crippen LogP contribution is -2.13. The smallest absolute Gasteiger partial charge is 0.357 e. The molecule has 2 aromatic rings. The molecular weight excluding hydrogens is 242 g/mol. The van der Waals surface area contributed by atoms with Crippen LogP contribution in [0.4, 0.5) is 0 Å². The van der Waals surface area contributed by atoms with Crippen LogP contribution in [0, 0.1) is 0 Å². The maximum Gasteiger partial charge on any atom is 0.357 e. The Morgan fingerprint density at radius 1 is 1.47 bits per heavy atom. The molecule has 0 radical (unpaired) electrons. The van der Waals surface area contributed by atoms with E-state index in [1.165, 1.54) is 10.9 Å². The van der Waals surface area contributed by atoms with Gasteiger partial charge in [-0.2, -0.15) is 5.10 Å². The average Bonchev–Trinajstić information content (AvgIpc) is 2.79. The van der Waals surface area contributed by atoms with E-state index in [4.69, 9.17) is 16.3 Å². The Morgan fingerprint density at radius 3 is 3.00 bits per heavy atom. The fourth-order valence-electron chi connectivity index (χ4n) is 1.36. The number of ether oxygens (including phenoxy) is 1. The molecule has 2 aromatic heterocycles. The van der Waals surface area contributed by atoms with Gasteiger partial charge in [0.1, 0.15) is 0 Å². The number of pyridine rings is 1. The van der Waals surface area contributed by atoms with Gasteiger partial charge in [0, 0.05) is 6.20 Å². The van der Waals surface area contributed by atoms with Gasteiger partial charge in [0.2, 0.25) is 0 Å². The van der Waals surface area contributed by atoms with Gasteiger partial charge in [0.25, 0.3) is 0 Å². The Bertz CT molecular complexity index is 539. The van der Waals surface area contributed by atoms with E-state index >= 15 is 0 Å². The average molecular weight is 252 g/mol. The molecule has 0 N–H and O–H groups in total. The lowest BCUT2D eigenvalue weighted by Gasteiger charge is -2.06. The van der Waals surface area contributed by atoms with Crippen LogP contribution in [0.2, 0.25) is 5.02 Å². The third-order valence-corrected chi connectivity index (χ3v) is 2.36. The first-order valence-electron chi connectivity index (χ1n) is 5.06. The van der Waals surface area contributed by atoms with Gasteiger partial charge >= 0.3 is 5.97 Å². The minimum atomic E-state index is -0.452. The molecule has 0 aliphatic carbocycles. The van der Waals surface area contributed by atoms with Crippen LogP contribution < -0.4 is 0 Å². The van der Waals surface area contributed by atoms with Crippen molar-refractivity contribution in [2.75, 3.05) is 6.61 Å². The molecule has 5 nitrogen and oxygen atoms in total. The van der Waals surface area contributed by atoms with Crippen molar-refractivity contribution >= 4 is 17.6 Å². The van der Waals surface area contributed by atoms with Crippen LogP contribution in [0.1, 0.15) is 17.4 Å². The number of nitrogens with zero attached hydrogens (tertiary/aromatic N) is 3. The Hall–Kier alpha value is -1.88. The summed E-state index contributed by atoms with van der Waals surface area (Å²) in [5, 5.41) is 4.44. The normalized spacial score (nSPS) is 10.2. The number of carbonyl (C=O) groups is 1. The highest BCUT2D eigenvalue weighted by atomic mass is 35.5. The number of aromatic nitrogens is 3. The highest BCUT2D eigenvalue weighted by Crippen LogP contribution is 2.18. The van der Waals surface area contributed by atoms with E-state index in [2.05, 4.69) is 10.1 Å². The van der Waals surface area contributed by atoms with E-state index in [0.29, 0.717) is 23.1 Å². The Kier molecular flexibility index (Phi) is 3.39. The first-order valence-corrected chi connectivity index (χ1v) is 5.44. The summed E-state index contributed by atoms with van der Waals surface area (Å²) < 4.78 is 6.28. The summed E-state index contributed by atoms with van der Waals surface area (Å²) in [4.78, 5) is 15.7. The van der Waals surface area contributed by atoms with Crippen LogP contribution in [0.25, 0.3) is 5.82 Å². The number of halogens is 1. The van der Waals surface area contributed by atoms with Gasteiger partial charge in [-0.3, -0.25) is 0 Å². The van der Waals surface area contributed by atoms with Gasteiger partial charge in [0.05, 0.1) is 17.8 Å². The quantitative estimate of drug-likeness (QED) is 0.784. The van der Waals surface area contributed by atoms with Crippen molar-refractivity contribution in [3.8, 4) is 5.82 Å². The summed E-state index contributed by atoms with van der Waals surface area (Å²) >= 11 is 5.99. The molecule has 0 fully saturated rings. The molecule has 0 unspecified atom stereocenters. The molecule has 0 aliphatic heterocycles. The predicted octanol–water partition coefficient (Wildman–Crippen LogP) is 2.10. The molecule has 0 aliphatic rings. The van der Waals surface area contributed by atoms with Crippen LogP contribution in [-0.4, -0.2) is 27.3 Å². The second-order valence-electron chi connectivity index (χ2n) is 3.16. The molecule has 0 saturated heterocycles. The molecule has 0 aromatic carbocycles. The fraction of sp³-hybridized carbons (Fsp3) is 0.182. The number of rotatable bonds is 3. The second-order valence-corrected chi connectivity index (χ2v) is 3.56. The van der Waals surface area contributed by atoms with Crippen LogP contribution >= 0.6 is 11.6 Å². The second kappa shape index (κ2) is 4.97. The summed E-state index contributed by atoms with van der Waals surface area (Å²) in [7, 11) is 0. The summed E-state index contributed by atoms with van der Waals surface area (Å²) in [5.74, 6) is -0.0473. The monoisotopic (exact) mass is 251 g/mol. The molecule has 2 heterocycles.